The van der Waals surface area contributed by atoms with Gasteiger partial charge in [0.15, 0.2) is 0 Å². The van der Waals surface area contributed by atoms with Crippen LogP contribution in [0.1, 0.15) is 18.5 Å². The van der Waals surface area contributed by atoms with Crippen LogP contribution in [0.25, 0.3) is 0 Å². The van der Waals surface area contributed by atoms with Crippen LogP contribution < -0.4 is 5.32 Å². The molecule has 98 valence electrons. The van der Waals surface area contributed by atoms with E-state index in [-0.39, 0.29) is 11.9 Å². The van der Waals surface area contributed by atoms with Crippen molar-refractivity contribution in [1.82, 2.24) is 15.2 Å². The van der Waals surface area contributed by atoms with Crippen LogP contribution >= 0.6 is 0 Å². The number of nitrogens with zero attached hydrogens (tertiary/aromatic N) is 2. The van der Waals surface area contributed by atoms with Gasteiger partial charge in [-0.05, 0) is 18.6 Å². The smallest absolute Gasteiger partial charge is 0.234 e. The Labute approximate surface area is 107 Å². The number of morpholine rings is 1. The van der Waals surface area contributed by atoms with Gasteiger partial charge in [-0.15, -0.1) is 0 Å². The lowest BCUT2D eigenvalue weighted by Gasteiger charge is -2.26. The Morgan fingerprint density at radius 2 is 2.33 bits per heavy atom. The minimum absolute atomic E-state index is 0.00718. The van der Waals surface area contributed by atoms with E-state index in [0.717, 1.165) is 18.7 Å². The fourth-order valence-electron chi connectivity index (χ4n) is 1.96. The van der Waals surface area contributed by atoms with Gasteiger partial charge in [-0.25, -0.2) is 0 Å². The van der Waals surface area contributed by atoms with Crippen molar-refractivity contribution in [2.24, 2.45) is 0 Å². The fraction of sp³-hybridized carbons (Fsp3) is 0.538. The first-order valence-corrected chi connectivity index (χ1v) is 6.25. The molecule has 1 aromatic rings. The monoisotopic (exact) mass is 249 g/mol. The van der Waals surface area contributed by atoms with Crippen molar-refractivity contribution < 1.29 is 9.53 Å². The fourth-order valence-corrected chi connectivity index (χ4v) is 1.96. The predicted molar refractivity (Wildman–Crippen MR) is 68.1 cm³/mol. The summed E-state index contributed by atoms with van der Waals surface area (Å²) in [7, 11) is 0. The SMILES string of the molecule is CC(NC(=O)CN1CCOCC1)c1cccnc1. The highest BCUT2D eigenvalue weighted by molar-refractivity contribution is 5.78. The van der Waals surface area contributed by atoms with Gasteiger partial charge in [0, 0.05) is 25.5 Å². The Bertz CT molecular complexity index is 377. The number of aromatic nitrogens is 1. The molecule has 1 atom stereocenters. The Morgan fingerprint density at radius 3 is 3.00 bits per heavy atom. The second-order valence-corrected chi connectivity index (χ2v) is 4.46. The van der Waals surface area contributed by atoms with Crippen LogP contribution in [0.2, 0.25) is 0 Å². The summed E-state index contributed by atoms with van der Waals surface area (Å²) < 4.78 is 5.25. The Kier molecular flexibility index (Phi) is 4.66. The first-order valence-electron chi connectivity index (χ1n) is 6.25. The van der Waals surface area contributed by atoms with E-state index in [1.165, 1.54) is 0 Å². The molecule has 0 aliphatic carbocycles. The van der Waals surface area contributed by atoms with Crippen LogP contribution in [0.5, 0.6) is 0 Å². The first-order chi connectivity index (χ1) is 8.75. The molecule has 1 amide bonds. The summed E-state index contributed by atoms with van der Waals surface area (Å²) in [6, 6.07) is 3.83. The summed E-state index contributed by atoms with van der Waals surface area (Å²) in [6.45, 7) is 5.49. The van der Waals surface area contributed by atoms with Gasteiger partial charge < -0.3 is 10.1 Å². The minimum Gasteiger partial charge on any atom is -0.379 e. The lowest BCUT2D eigenvalue weighted by molar-refractivity contribution is -0.123. The van der Waals surface area contributed by atoms with Gasteiger partial charge >= 0.3 is 0 Å². The average molecular weight is 249 g/mol. The van der Waals surface area contributed by atoms with E-state index in [1.54, 1.807) is 12.4 Å². The normalized spacial score (nSPS) is 18.3. The Morgan fingerprint density at radius 1 is 1.56 bits per heavy atom. The van der Waals surface area contributed by atoms with Crippen LogP contribution in [0.4, 0.5) is 0 Å². The van der Waals surface area contributed by atoms with Gasteiger partial charge in [0.2, 0.25) is 5.91 Å². The van der Waals surface area contributed by atoms with E-state index in [0.29, 0.717) is 19.8 Å². The third-order valence-electron chi connectivity index (χ3n) is 3.03. The number of carbonyl (C=O) groups excluding carboxylic acids is 1. The molecule has 1 fully saturated rings. The maximum atomic E-state index is 11.9. The lowest BCUT2D eigenvalue weighted by Crippen LogP contribution is -2.43. The van der Waals surface area contributed by atoms with E-state index < -0.39 is 0 Å². The Hall–Kier alpha value is -1.46. The molecular formula is C13H19N3O2. The molecule has 0 radical (unpaired) electrons. The van der Waals surface area contributed by atoms with E-state index in [1.807, 2.05) is 19.1 Å². The van der Waals surface area contributed by atoms with Gasteiger partial charge in [-0.3, -0.25) is 14.7 Å². The highest BCUT2D eigenvalue weighted by Gasteiger charge is 2.15. The molecule has 1 aliphatic rings. The molecule has 2 rings (SSSR count). The zero-order valence-electron chi connectivity index (χ0n) is 10.6. The number of nitrogens with one attached hydrogen (secondary N) is 1. The minimum atomic E-state index is -0.00718. The van der Waals surface area contributed by atoms with Crippen molar-refractivity contribution in [2.45, 2.75) is 13.0 Å². The van der Waals surface area contributed by atoms with Crippen molar-refractivity contribution in [2.75, 3.05) is 32.8 Å². The molecule has 0 aromatic carbocycles. The summed E-state index contributed by atoms with van der Waals surface area (Å²) >= 11 is 0. The standard InChI is InChI=1S/C13H19N3O2/c1-11(12-3-2-4-14-9-12)15-13(17)10-16-5-7-18-8-6-16/h2-4,9,11H,5-8,10H2,1H3,(H,15,17). The zero-order valence-corrected chi connectivity index (χ0v) is 10.6. The molecule has 0 bridgehead atoms. The third kappa shape index (κ3) is 3.78. The summed E-state index contributed by atoms with van der Waals surface area (Å²) in [5.41, 5.74) is 1.02. The van der Waals surface area contributed by atoms with Crippen LogP contribution in [-0.2, 0) is 9.53 Å². The molecule has 5 nitrogen and oxygen atoms in total. The van der Waals surface area contributed by atoms with Gasteiger partial charge in [0.25, 0.3) is 0 Å². The van der Waals surface area contributed by atoms with Crippen LogP contribution in [0.15, 0.2) is 24.5 Å². The molecule has 0 spiro atoms. The number of hydrogen-bond acceptors (Lipinski definition) is 4. The molecule has 5 heteroatoms. The molecule has 1 N–H and O–H groups in total. The summed E-state index contributed by atoms with van der Waals surface area (Å²) in [4.78, 5) is 18.0. The van der Waals surface area contributed by atoms with Crippen LogP contribution in [0.3, 0.4) is 0 Å². The quantitative estimate of drug-likeness (QED) is 0.848. The molecule has 1 unspecified atom stereocenters. The second kappa shape index (κ2) is 6.47. The topological polar surface area (TPSA) is 54.5 Å². The molecular weight excluding hydrogens is 230 g/mol. The number of hydrogen-bond donors (Lipinski definition) is 1. The second-order valence-electron chi connectivity index (χ2n) is 4.46. The first kappa shape index (κ1) is 13.0. The van der Waals surface area contributed by atoms with Crippen molar-refractivity contribution in [3.8, 4) is 0 Å². The molecule has 18 heavy (non-hydrogen) atoms. The summed E-state index contributed by atoms with van der Waals surface area (Å²) in [6.07, 6.45) is 3.51. The molecule has 0 saturated carbocycles. The lowest BCUT2D eigenvalue weighted by atomic mass is 10.1. The number of pyridine rings is 1. The third-order valence-corrected chi connectivity index (χ3v) is 3.03. The van der Waals surface area contributed by atoms with E-state index in [2.05, 4.69) is 15.2 Å². The van der Waals surface area contributed by atoms with Crippen molar-refractivity contribution >= 4 is 5.91 Å². The van der Waals surface area contributed by atoms with Gasteiger partial charge in [-0.1, -0.05) is 6.07 Å². The highest BCUT2D eigenvalue weighted by atomic mass is 16.5. The largest absolute Gasteiger partial charge is 0.379 e. The van der Waals surface area contributed by atoms with Gasteiger partial charge in [0.1, 0.15) is 0 Å². The predicted octanol–water partition coefficient (Wildman–Crippen LogP) is 0.591. The van der Waals surface area contributed by atoms with E-state index >= 15 is 0 Å². The zero-order chi connectivity index (χ0) is 12.8. The number of rotatable bonds is 4. The van der Waals surface area contributed by atoms with Crippen LogP contribution in [0, 0.1) is 0 Å². The molecule has 1 aliphatic heterocycles. The van der Waals surface area contributed by atoms with E-state index in [9.17, 15) is 4.79 Å². The van der Waals surface area contributed by atoms with Gasteiger partial charge in [-0.2, -0.15) is 0 Å². The number of ether oxygens (including phenoxy) is 1. The van der Waals surface area contributed by atoms with Crippen molar-refractivity contribution in [1.29, 1.82) is 0 Å². The van der Waals surface area contributed by atoms with Crippen molar-refractivity contribution in [3.63, 3.8) is 0 Å². The average Bonchev–Trinajstić information content (AvgIpc) is 2.40. The number of carbonyl (C=O) groups is 1. The maximum absolute atomic E-state index is 11.9. The highest BCUT2D eigenvalue weighted by Crippen LogP contribution is 2.09. The van der Waals surface area contributed by atoms with Gasteiger partial charge in [0.05, 0.1) is 25.8 Å². The maximum Gasteiger partial charge on any atom is 0.234 e. The van der Waals surface area contributed by atoms with Crippen molar-refractivity contribution in [3.05, 3.63) is 30.1 Å². The summed E-state index contributed by atoms with van der Waals surface area (Å²) in [5, 5.41) is 2.98. The Balaban J connectivity index is 1.80. The van der Waals surface area contributed by atoms with Crippen LogP contribution in [-0.4, -0.2) is 48.6 Å². The molecule has 1 aromatic heterocycles. The van der Waals surface area contributed by atoms with E-state index in [4.69, 9.17) is 4.74 Å². The summed E-state index contributed by atoms with van der Waals surface area (Å²) in [5.74, 6) is 0.0493. The molecule has 2 heterocycles. The number of amides is 1. The molecule has 1 saturated heterocycles.